The molecule has 2 heterocycles. The van der Waals surface area contributed by atoms with Crippen LogP contribution in [0.2, 0.25) is 0 Å². The van der Waals surface area contributed by atoms with Crippen LogP contribution >= 0.6 is 27.7 Å². The van der Waals surface area contributed by atoms with Gasteiger partial charge in [-0.15, -0.1) is 11.8 Å². The molecule has 2 aromatic heterocycles. The molecule has 0 aliphatic rings. The maximum atomic E-state index is 10.6. The number of aromatic amines is 1. The highest BCUT2D eigenvalue weighted by atomic mass is 79.9. The average Bonchev–Trinajstić information content (AvgIpc) is 2.95. The second-order valence-electron chi connectivity index (χ2n) is 7.06. The van der Waals surface area contributed by atoms with Gasteiger partial charge < -0.3 is 10.1 Å². The minimum atomic E-state index is -0.407. The van der Waals surface area contributed by atoms with E-state index in [1.807, 2.05) is 24.6 Å². The molecule has 0 bridgehead atoms. The fourth-order valence-corrected chi connectivity index (χ4v) is 4.04. The minimum absolute atomic E-state index is 0.0945. The van der Waals surface area contributed by atoms with Gasteiger partial charge in [0.15, 0.2) is 0 Å². The number of aliphatic hydroxyl groups excluding tert-OH is 1. The van der Waals surface area contributed by atoms with Crippen molar-refractivity contribution < 1.29 is 5.11 Å². The first-order valence-corrected chi connectivity index (χ1v) is 10.3. The van der Waals surface area contributed by atoms with Gasteiger partial charge in [-0.1, -0.05) is 41.9 Å². The number of fused-ring (bicyclic) bond motifs is 1. The van der Waals surface area contributed by atoms with Crippen molar-refractivity contribution in [2.75, 3.05) is 6.26 Å². The molecule has 0 spiro atoms. The molecule has 3 nitrogen and oxygen atoms in total. The molecule has 1 aromatic carbocycles. The first kappa shape index (κ1) is 18.5. The average molecular weight is 419 g/mol. The van der Waals surface area contributed by atoms with Gasteiger partial charge in [-0.2, -0.15) is 0 Å². The van der Waals surface area contributed by atoms with Crippen LogP contribution in [0.1, 0.15) is 31.5 Å². The summed E-state index contributed by atoms with van der Waals surface area (Å²) >= 11 is 5.17. The lowest BCUT2D eigenvalue weighted by Gasteiger charge is -2.28. The van der Waals surface area contributed by atoms with Gasteiger partial charge in [-0.05, 0) is 47.9 Å². The maximum Gasteiger partial charge on any atom is 0.0964 e. The standard InChI is InChI=1S/C20H23BrN2OS/c1-20(2,14-5-4-6-15(21)9-14)11-17(24)10-16-7-13-8-19(25-3)22-12-18(13)23-16/h4-9,12,17,23-24H,10-11H2,1-3H3. The number of pyridine rings is 1. The molecule has 2 N–H and O–H groups in total. The van der Waals surface area contributed by atoms with Crippen LogP contribution in [0, 0.1) is 0 Å². The van der Waals surface area contributed by atoms with Gasteiger partial charge in [-0.3, -0.25) is 0 Å². The van der Waals surface area contributed by atoms with E-state index < -0.39 is 6.10 Å². The zero-order valence-corrected chi connectivity index (χ0v) is 17.1. The third-order valence-electron chi connectivity index (χ3n) is 4.55. The summed E-state index contributed by atoms with van der Waals surface area (Å²) in [5.74, 6) is 0. The van der Waals surface area contributed by atoms with Gasteiger partial charge in [-0.25, -0.2) is 4.98 Å². The summed E-state index contributed by atoms with van der Waals surface area (Å²) in [5, 5.41) is 12.8. The highest BCUT2D eigenvalue weighted by Gasteiger charge is 2.25. The third-order valence-corrected chi connectivity index (χ3v) is 5.69. The molecule has 0 amide bonds. The molecule has 25 heavy (non-hydrogen) atoms. The van der Waals surface area contributed by atoms with E-state index >= 15 is 0 Å². The van der Waals surface area contributed by atoms with Gasteiger partial charge in [0.1, 0.15) is 0 Å². The second-order valence-corrected chi connectivity index (χ2v) is 8.81. The molecule has 132 valence electrons. The molecule has 0 saturated heterocycles. The van der Waals surface area contributed by atoms with Crippen molar-refractivity contribution >= 4 is 38.6 Å². The van der Waals surface area contributed by atoms with Crippen LogP contribution in [0.4, 0.5) is 0 Å². The second kappa shape index (κ2) is 7.52. The normalized spacial score (nSPS) is 13.3. The lowest BCUT2D eigenvalue weighted by molar-refractivity contribution is 0.138. The van der Waals surface area contributed by atoms with Crippen LogP contribution in [-0.2, 0) is 11.8 Å². The van der Waals surface area contributed by atoms with Crippen molar-refractivity contribution in [2.24, 2.45) is 0 Å². The lowest BCUT2D eigenvalue weighted by atomic mass is 9.79. The minimum Gasteiger partial charge on any atom is -0.393 e. The smallest absolute Gasteiger partial charge is 0.0964 e. The number of halogens is 1. The molecule has 0 fully saturated rings. The largest absolute Gasteiger partial charge is 0.393 e. The Morgan fingerprint density at radius 3 is 2.80 bits per heavy atom. The van der Waals surface area contributed by atoms with Crippen molar-refractivity contribution in [3.8, 4) is 0 Å². The number of thioether (sulfide) groups is 1. The van der Waals surface area contributed by atoms with E-state index in [9.17, 15) is 5.11 Å². The van der Waals surface area contributed by atoms with E-state index in [0.29, 0.717) is 12.8 Å². The number of hydrogen-bond acceptors (Lipinski definition) is 3. The molecule has 0 radical (unpaired) electrons. The van der Waals surface area contributed by atoms with E-state index in [2.05, 4.69) is 64.0 Å². The van der Waals surface area contributed by atoms with Crippen LogP contribution in [0.15, 0.2) is 52.1 Å². The summed E-state index contributed by atoms with van der Waals surface area (Å²) in [6.07, 6.45) is 4.79. The van der Waals surface area contributed by atoms with Gasteiger partial charge in [0.25, 0.3) is 0 Å². The Labute approximate surface area is 161 Å². The van der Waals surface area contributed by atoms with Gasteiger partial charge in [0.05, 0.1) is 22.8 Å². The van der Waals surface area contributed by atoms with E-state index in [1.165, 1.54) is 5.56 Å². The Morgan fingerprint density at radius 1 is 1.28 bits per heavy atom. The van der Waals surface area contributed by atoms with Crippen molar-refractivity contribution in [2.45, 2.75) is 43.2 Å². The lowest BCUT2D eigenvalue weighted by Crippen LogP contribution is -2.26. The summed E-state index contributed by atoms with van der Waals surface area (Å²) in [4.78, 5) is 7.76. The molecule has 0 saturated carbocycles. The molecule has 3 rings (SSSR count). The number of nitrogens with one attached hydrogen (secondary N) is 1. The Balaban J connectivity index is 1.72. The highest BCUT2D eigenvalue weighted by Crippen LogP contribution is 2.31. The fourth-order valence-electron chi connectivity index (χ4n) is 3.24. The van der Waals surface area contributed by atoms with Gasteiger partial charge in [0, 0.05) is 22.0 Å². The predicted octanol–water partition coefficient (Wildman–Crippen LogP) is 5.32. The van der Waals surface area contributed by atoms with Crippen molar-refractivity contribution in [1.29, 1.82) is 0 Å². The van der Waals surface area contributed by atoms with Crippen molar-refractivity contribution in [3.63, 3.8) is 0 Å². The van der Waals surface area contributed by atoms with Crippen LogP contribution in [0.25, 0.3) is 10.9 Å². The van der Waals surface area contributed by atoms with Crippen LogP contribution in [-0.4, -0.2) is 27.4 Å². The van der Waals surface area contributed by atoms with E-state index in [0.717, 1.165) is 26.1 Å². The summed E-state index contributed by atoms with van der Waals surface area (Å²) in [5.41, 5.74) is 3.20. The summed E-state index contributed by atoms with van der Waals surface area (Å²) in [6, 6.07) is 12.5. The molecular formula is C20H23BrN2OS. The Hall–Kier alpha value is -1.30. The first-order chi connectivity index (χ1) is 11.9. The number of aliphatic hydroxyl groups is 1. The summed E-state index contributed by atoms with van der Waals surface area (Å²) in [6.45, 7) is 4.36. The zero-order chi connectivity index (χ0) is 18.0. The fraction of sp³-hybridized carbons (Fsp3) is 0.350. The van der Waals surface area contributed by atoms with E-state index in [-0.39, 0.29) is 5.41 Å². The van der Waals surface area contributed by atoms with Crippen LogP contribution < -0.4 is 0 Å². The molecule has 5 heteroatoms. The van der Waals surface area contributed by atoms with Crippen molar-refractivity contribution in [1.82, 2.24) is 9.97 Å². The Bertz CT molecular complexity index is 875. The number of rotatable bonds is 6. The number of hydrogen-bond donors (Lipinski definition) is 2. The molecule has 0 aliphatic heterocycles. The summed E-state index contributed by atoms with van der Waals surface area (Å²) < 4.78 is 1.07. The van der Waals surface area contributed by atoms with E-state index in [4.69, 9.17) is 0 Å². The molecular weight excluding hydrogens is 396 g/mol. The molecule has 1 unspecified atom stereocenters. The van der Waals surface area contributed by atoms with Gasteiger partial charge >= 0.3 is 0 Å². The number of H-pyrrole nitrogens is 1. The Morgan fingerprint density at radius 2 is 2.08 bits per heavy atom. The Kier molecular flexibility index (Phi) is 5.56. The third kappa shape index (κ3) is 4.46. The van der Waals surface area contributed by atoms with Crippen LogP contribution in [0.5, 0.6) is 0 Å². The zero-order valence-electron chi connectivity index (χ0n) is 14.7. The summed E-state index contributed by atoms with van der Waals surface area (Å²) in [7, 11) is 0. The maximum absolute atomic E-state index is 10.6. The van der Waals surface area contributed by atoms with Crippen LogP contribution in [0.3, 0.4) is 0 Å². The topological polar surface area (TPSA) is 48.9 Å². The number of benzene rings is 1. The van der Waals surface area contributed by atoms with E-state index in [1.54, 1.807) is 11.8 Å². The predicted molar refractivity (Wildman–Crippen MR) is 109 cm³/mol. The molecule has 1 atom stereocenters. The number of aromatic nitrogens is 2. The number of nitrogens with zero attached hydrogens (tertiary/aromatic N) is 1. The molecule has 0 aliphatic carbocycles. The SMILES string of the molecule is CSc1cc2cc(CC(O)CC(C)(C)c3cccc(Br)c3)[nH]c2cn1. The van der Waals surface area contributed by atoms with Crippen molar-refractivity contribution in [3.05, 3.63) is 58.3 Å². The monoisotopic (exact) mass is 418 g/mol. The molecule has 3 aromatic rings. The quantitative estimate of drug-likeness (QED) is 0.532. The highest BCUT2D eigenvalue weighted by molar-refractivity contribution is 9.10. The first-order valence-electron chi connectivity index (χ1n) is 8.33. The van der Waals surface area contributed by atoms with Gasteiger partial charge in [0.2, 0.25) is 0 Å².